The molecule has 0 radical (unpaired) electrons. The monoisotopic (exact) mass is 399 g/mol. The Kier molecular flexibility index (Phi) is 6.73. The highest BCUT2D eigenvalue weighted by Gasteiger charge is 2.14. The van der Waals surface area contributed by atoms with E-state index >= 15 is 0 Å². The van der Waals surface area contributed by atoms with Crippen LogP contribution >= 0.6 is 11.3 Å². The zero-order chi connectivity index (χ0) is 19.9. The van der Waals surface area contributed by atoms with Crippen LogP contribution in [0.2, 0.25) is 0 Å². The molecule has 0 saturated carbocycles. The molecule has 1 aromatic heterocycles. The van der Waals surface area contributed by atoms with Crippen molar-refractivity contribution in [3.05, 3.63) is 65.4 Å². The average molecular weight is 399 g/mol. The zero-order valence-corrected chi connectivity index (χ0v) is 16.6. The summed E-state index contributed by atoms with van der Waals surface area (Å²) in [5.41, 5.74) is 1.05. The molecular formula is C21H22FN3O2S. The molecule has 0 unspecified atom stereocenters. The first-order chi connectivity index (χ1) is 13.5. The van der Waals surface area contributed by atoms with Crippen molar-refractivity contribution in [2.45, 2.75) is 6.42 Å². The van der Waals surface area contributed by atoms with Crippen molar-refractivity contribution in [3.63, 3.8) is 0 Å². The molecule has 1 heterocycles. The number of carbonyl (C=O) groups excluding carboxylic acids is 1. The van der Waals surface area contributed by atoms with Gasteiger partial charge in [-0.25, -0.2) is 9.37 Å². The van der Waals surface area contributed by atoms with Crippen molar-refractivity contribution in [1.29, 1.82) is 0 Å². The molecule has 146 valence electrons. The van der Waals surface area contributed by atoms with E-state index in [9.17, 15) is 9.18 Å². The number of hydrogen-bond donors (Lipinski definition) is 1. The second-order valence-electron chi connectivity index (χ2n) is 6.49. The van der Waals surface area contributed by atoms with E-state index < -0.39 is 0 Å². The molecule has 0 bridgehead atoms. The van der Waals surface area contributed by atoms with E-state index in [4.69, 9.17) is 4.74 Å². The maximum Gasteiger partial charge on any atom is 0.267 e. The van der Waals surface area contributed by atoms with Gasteiger partial charge in [0.1, 0.15) is 21.5 Å². The van der Waals surface area contributed by atoms with Gasteiger partial charge in [-0.2, -0.15) is 0 Å². The van der Waals surface area contributed by atoms with Gasteiger partial charge >= 0.3 is 0 Å². The number of carbonyl (C=O) groups is 1. The third-order valence-corrected chi connectivity index (χ3v) is 4.99. The van der Waals surface area contributed by atoms with Crippen LogP contribution in [0.4, 0.5) is 10.1 Å². The number of amides is 1. The Morgan fingerprint density at radius 2 is 1.93 bits per heavy atom. The number of halogens is 1. The molecule has 0 saturated heterocycles. The van der Waals surface area contributed by atoms with Crippen molar-refractivity contribution in [2.75, 3.05) is 32.6 Å². The molecule has 0 spiro atoms. The molecule has 1 amide bonds. The lowest BCUT2D eigenvalue weighted by Gasteiger charge is -2.10. The van der Waals surface area contributed by atoms with Crippen LogP contribution in [0.1, 0.15) is 16.1 Å². The second kappa shape index (κ2) is 9.43. The van der Waals surface area contributed by atoms with Crippen LogP contribution in [0.25, 0.3) is 10.6 Å². The predicted molar refractivity (Wildman–Crippen MR) is 111 cm³/mol. The molecule has 0 aliphatic heterocycles. The number of rotatable bonds is 8. The minimum atomic E-state index is -0.357. The predicted octanol–water partition coefficient (Wildman–Crippen LogP) is 4.53. The molecule has 3 aromatic rings. The topological polar surface area (TPSA) is 54.5 Å². The summed E-state index contributed by atoms with van der Waals surface area (Å²) in [6.45, 7) is 1.61. The second-order valence-corrected chi connectivity index (χ2v) is 7.52. The van der Waals surface area contributed by atoms with Crippen LogP contribution in [-0.2, 0) is 0 Å². The van der Waals surface area contributed by atoms with Crippen LogP contribution in [-0.4, -0.2) is 43.0 Å². The van der Waals surface area contributed by atoms with Crippen molar-refractivity contribution in [2.24, 2.45) is 0 Å². The average Bonchev–Trinajstić information content (AvgIpc) is 3.17. The number of ether oxygens (including phenoxy) is 1. The largest absolute Gasteiger partial charge is 0.494 e. The van der Waals surface area contributed by atoms with Gasteiger partial charge in [0.2, 0.25) is 0 Å². The summed E-state index contributed by atoms with van der Waals surface area (Å²) in [6, 6.07) is 13.6. The van der Waals surface area contributed by atoms with Crippen molar-refractivity contribution in [3.8, 4) is 16.3 Å². The first-order valence-electron chi connectivity index (χ1n) is 8.92. The molecule has 28 heavy (non-hydrogen) atoms. The van der Waals surface area contributed by atoms with E-state index in [2.05, 4.69) is 15.2 Å². The summed E-state index contributed by atoms with van der Waals surface area (Å²) in [5.74, 6) is 0.126. The van der Waals surface area contributed by atoms with Crippen LogP contribution < -0.4 is 10.1 Å². The number of thiazole rings is 1. The number of aromatic nitrogens is 1. The Morgan fingerprint density at radius 1 is 1.18 bits per heavy atom. The number of nitrogens with zero attached hydrogens (tertiary/aromatic N) is 2. The summed E-state index contributed by atoms with van der Waals surface area (Å²) < 4.78 is 19.6. The van der Waals surface area contributed by atoms with Gasteiger partial charge in [0, 0.05) is 17.8 Å². The van der Waals surface area contributed by atoms with Gasteiger partial charge in [0.15, 0.2) is 0 Å². The zero-order valence-electron chi connectivity index (χ0n) is 15.8. The first kappa shape index (κ1) is 20.0. The first-order valence-corrected chi connectivity index (χ1v) is 9.74. The van der Waals surface area contributed by atoms with E-state index in [1.54, 1.807) is 30.3 Å². The molecule has 0 aliphatic rings. The van der Waals surface area contributed by atoms with E-state index in [-0.39, 0.29) is 11.7 Å². The molecule has 3 rings (SSSR count). The summed E-state index contributed by atoms with van der Waals surface area (Å²) in [4.78, 5) is 19.1. The number of anilines is 1. The van der Waals surface area contributed by atoms with E-state index in [0.717, 1.165) is 30.1 Å². The highest BCUT2D eigenvalue weighted by Crippen LogP contribution is 2.28. The smallest absolute Gasteiger partial charge is 0.267 e. The molecule has 0 aliphatic carbocycles. The fourth-order valence-corrected chi connectivity index (χ4v) is 3.37. The Hall–Kier alpha value is -2.77. The third kappa shape index (κ3) is 5.37. The number of nitrogens with one attached hydrogen (secondary N) is 1. The molecule has 1 N–H and O–H groups in total. The van der Waals surface area contributed by atoms with E-state index in [0.29, 0.717) is 27.7 Å². The molecule has 2 aromatic carbocycles. The number of benzene rings is 2. The Balaban J connectivity index is 1.57. The van der Waals surface area contributed by atoms with Crippen molar-refractivity contribution >= 4 is 22.9 Å². The minimum Gasteiger partial charge on any atom is -0.494 e. The van der Waals surface area contributed by atoms with Gasteiger partial charge in [-0.05, 0) is 56.9 Å². The van der Waals surface area contributed by atoms with Crippen molar-refractivity contribution in [1.82, 2.24) is 9.88 Å². The highest BCUT2D eigenvalue weighted by atomic mass is 32.1. The molecule has 7 heteroatoms. The fourth-order valence-electron chi connectivity index (χ4n) is 2.54. The lowest BCUT2D eigenvalue weighted by Crippen LogP contribution is -2.15. The van der Waals surface area contributed by atoms with Crippen LogP contribution in [0, 0.1) is 5.82 Å². The van der Waals surface area contributed by atoms with E-state index in [1.165, 1.54) is 12.3 Å². The molecule has 0 fully saturated rings. The Morgan fingerprint density at radius 3 is 2.64 bits per heavy atom. The maximum absolute atomic E-state index is 13.9. The quantitative estimate of drug-likeness (QED) is 0.566. The molecular weight excluding hydrogens is 377 g/mol. The maximum atomic E-state index is 13.9. The van der Waals surface area contributed by atoms with Gasteiger partial charge in [-0.1, -0.05) is 12.1 Å². The Bertz CT molecular complexity index is 925. The Labute approximate surface area is 167 Å². The van der Waals surface area contributed by atoms with Gasteiger partial charge < -0.3 is 15.0 Å². The summed E-state index contributed by atoms with van der Waals surface area (Å²) in [5, 5.41) is 3.30. The van der Waals surface area contributed by atoms with E-state index in [1.807, 2.05) is 26.2 Å². The molecule has 5 nitrogen and oxygen atoms in total. The minimum absolute atomic E-state index is 0.278. The summed E-state index contributed by atoms with van der Waals surface area (Å²) in [6.07, 6.45) is 2.41. The summed E-state index contributed by atoms with van der Waals surface area (Å²) in [7, 11) is 4.06. The van der Waals surface area contributed by atoms with Gasteiger partial charge in [-0.3, -0.25) is 4.79 Å². The van der Waals surface area contributed by atoms with Gasteiger partial charge in [0.05, 0.1) is 12.8 Å². The van der Waals surface area contributed by atoms with Gasteiger partial charge in [0.25, 0.3) is 5.91 Å². The standard InChI is InChI=1S/C21H22FN3O2S/c1-25(2)12-5-13-27-16-10-8-15(9-11-16)24-20(26)19-14-23-21(28-19)17-6-3-4-7-18(17)22/h3-4,6-11,14H,5,12-13H2,1-2H3,(H,24,26). The van der Waals surface area contributed by atoms with Crippen molar-refractivity contribution < 1.29 is 13.9 Å². The number of hydrogen-bond acceptors (Lipinski definition) is 5. The third-order valence-electron chi connectivity index (χ3n) is 3.96. The van der Waals surface area contributed by atoms with Crippen LogP contribution in [0.3, 0.4) is 0 Å². The highest BCUT2D eigenvalue weighted by molar-refractivity contribution is 7.17. The normalized spacial score (nSPS) is 10.9. The van der Waals surface area contributed by atoms with Crippen LogP contribution in [0.15, 0.2) is 54.7 Å². The van der Waals surface area contributed by atoms with Gasteiger partial charge in [-0.15, -0.1) is 11.3 Å². The summed E-state index contributed by atoms with van der Waals surface area (Å²) >= 11 is 1.15. The fraction of sp³-hybridized carbons (Fsp3) is 0.238. The SMILES string of the molecule is CN(C)CCCOc1ccc(NC(=O)c2cnc(-c3ccccc3F)s2)cc1. The lowest BCUT2D eigenvalue weighted by atomic mass is 10.2. The molecule has 0 atom stereocenters. The van der Waals surface area contributed by atoms with Crippen LogP contribution in [0.5, 0.6) is 5.75 Å². The lowest BCUT2D eigenvalue weighted by molar-refractivity contribution is 0.103.